The Balaban J connectivity index is 1.32. The molecule has 25 nitrogen and oxygen atoms in total. The van der Waals surface area contributed by atoms with Crippen LogP contribution in [0.2, 0.25) is 0 Å². The van der Waals surface area contributed by atoms with Crippen molar-refractivity contribution < 1.29 is 84.2 Å². The van der Waals surface area contributed by atoms with Gasteiger partial charge in [-0.2, -0.15) is 13.2 Å². The van der Waals surface area contributed by atoms with Crippen molar-refractivity contribution in [3.63, 3.8) is 0 Å². The Morgan fingerprint density at radius 1 is 0.667 bits per heavy atom. The number of nitrogens with zero attached hydrogens (tertiary/aromatic N) is 9. The Hall–Kier alpha value is -7.01. The third-order valence-electron chi connectivity index (χ3n) is 23.9. The first kappa shape index (κ1) is 85.2. The molecule has 4 saturated carbocycles. The Labute approximate surface area is 616 Å². The van der Waals surface area contributed by atoms with Gasteiger partial charge < -0.3 is 64.8 Å². The van der Waals surface area contributed by atoms with Crippen LogP contribution in [0.4, 0.5) is 22.0 Å². The van der Waals surface area contributed by atoms with Gasteiger partial charge in [0.15, 0.2) is 0 Å². The molecule has 2 unspecified atom stereocenters. The van der Waals surface area contributed by atoms with E-state index in [2.05, 4.69) is 22.9 Å². The lowest BCUT2D eigenvalue weighted by Gasteiger charge is -2.46. The highest BCUT2D eigenvalue weighted by Gasteiger charge is 2.56. The highest BCUT2D eigenvalue weighted by Crippen LogP contribution is 2.45. The average Bonchev–Trinajstić information content (AvgIpc) is 1.72. The molecule has 7 aliphatic rings. The maximum atomic E-state index is 15.5. The predicted octanol–water partition coefficient (Wildman–Crippen LogP) is 5.95. The van der Waals surface area contributed by atoms with Crippen LogP contribution >= 0.6 is 0 Å². The molecule has 4 aliphatic carbocycles. The van der Waals surface area contributed by atoms with Gasteiger partial charge in [-0.3, -0.25) is 57.5 Å². The number of halogens is 5. The molecule has 12 amide bonds. The maximum Gasteiger partial charge on any atom is 0.397 e. The van der Waals surface area contributed by atoms with Gasteiger partial charge >= 0.3 is 6.18 Å². The number of ether oxygens (including phenoxy) is 1. The molecule has 3 N–H and O–H groups in total. The van der Waals surface area contributed by atoms with Gasteiger partial charge in [0, 0.05) is 82.5 Å². The molecule has 0 aromatic heterocycles. The van der Waals surface area contributed by atoms with E-state index in [1.165, 1.54) is 85.8 Å². The van der Waals surface area contributed by atoms with Gasteiger partial charge in [-0.1, -0.05) is 97.6 Å². The largest absolute Gasteiger partial charge is 0.397 e. The first-order valence-electron chi connectivity index (χ1n) is 38.4. The van der Waals surface area contributed by atoms with Gasteiger partial charge in [-0.05, 0) is 120 Å². The van der Waals surface area contributed by atoms with Crippen LogP contribution < -0.4 is 16.0 Å². The summed E-state index contributed by atoms with van der Waals surface area (Å²) in [5.41, 5.74) is -1.64. The number of amides is 12. The first-order chi connectivity index (χ1) is 49.5. The minimum Gasteiger partial charge on any atom is -0.377 e. The summed E-state index contributed by atoms with van der Waals surface area (Å²) < 4.78 is 78.9. The summed E-state index contributed by atoms with van der Waals surface area (Å²) in [5.74, 6) is -12.9. The van der Waals surface area contributed by atoms with Crippen LogP contribution in [0.15, 0.2) is 12.2 Å². The monoisotopic (exact) mass is 1490 g/mol. The summed E-state index contributed by atoms with van der Waals surface area (Å²) in [6, 6.07) is -10.5. The van der Waals surface area contributed by atoms with Crippen LogP contribution in [0.3, 0.4) is 0 Å². The van der Waals surface area contributed by atoms with Gasteiger partial charge in [0.1, 0.15) is 72.1 Å². The SMILES string of the molecule is CCCC[C@H]1C(=O)N[C@@H]([C@@H](C)CC)C(=O)N(C)CC(=O)N(C)[C@H]2C/C=C\CCN(C2=O)[C@@H](CC2CCC(C)CC2)C(=O)N(C)CC(=O)N[C@@H](CCC2CC(F)C(C(F)(F)F)C(F)C2)C(=O)N2C[C@H](OCC)C[C@H]2C(=O)NC2(CCC2)C(=O)N(C)[C@@H](C2CCCC2)C(=O)N(C)[C@H](C(=O)N(C)C)CC(=O)N1C. The Morgan fingerprint density at radius 3 is 1.89 bits per heavy atom. The van der Waals surface area contributed by atoms with E-state index in [1.807, 2.05) is 19.9 Å². The maximum absolute atomic E-state index is 15.5. The third-order valence-corrected chi connectivity index (χ3v) is 23.9. The van der Waals surface area contributed by atoms with Gasteiger partial charge in [0.05, 0.1) is 25.6 Å². The van der Waals surface area contributed by atoms with E-state index >= 15 is 37.5 Å². The second-order valence-corrected chi connectivity index (χ2v) is 31.5. The zero-order valence-corrected chi connectivity index (χ0v) is 64.2. The number of rotatable bonds is 14. The minimum absolute atomic E-state index is 0.0161. The van der Waals surface area contributed by atoms with Crippen molar-refractivity contribution in [2.75, 3.05) is 89.2 Å². The summed E-state index contributed by atoms with van der Waals surface area (Å²) in [5, 5.41) is 8.59. The van der Waals surface area contributed by atoms with Crippen molar-refractivity contribution in [1.82, 2.24) is 60.0 Å². The van der Waals surface area contributed by atoms with E-state index < -0.39 is 205 Å². The van der Waals surface area contributed by atoms with Crippen LogP contribution in [-0.4, -0.2) is 283 Å². The highest BCUT2D eigenvalue weighted by molar-refractivity contribution is 6.01. The van der Waals surface area contributed by atoms with Crippen LogP contribution in [0.5, 0.6) is 0 Å². The summed E-state index contributed by atoms with van der Waals surface area (Å²) in [7, 11) is 11.3. The predicted molar refractivity (Wildman–Crippen MR) is 381 cm³/mol. The zero-order valence-electron chi connectivity index (χ0n) is 64.2. The zero-order chi connectivity index (χ0) is 77.7. The molecule has 2 bridgehead atoms. The normalized spacial score (nSPS) is 32.3. The van der Waals surface area contributed by atoms with Crippen molar-refractivity contribution in [2.24, 2.45) is 35.5 Å². The van der Waals surface area contributed by atoms with Crippen molar-refractivity contribution in [3.8, 4) is 0 Å². The molecule has 30 heteroatoms. The summed E-state index contributed by atoms with van der Waals surface area (Å²) in [6.07, 6.45) is -2.05. The second kappa shape index (κ2) is 37.7. The number of hydrogen-bond donors (Lipinski definition) is 3. The Morgan fingerprint density at radius 2 is 1.30 bits per heavy atom. The number of fused-ring (bicyclic) bond motifs is 3. The number of nitrogens with one attached hydrogen (secondary N) is 3. The average molecular weight is 1490 g/mol. The molecular formula is C75H119F5N12O13. The molecule has 3 heterocycles. The fourth-order valence-corrected chi connectivity index (χ4v) is 16.9. The van der Waals surface area contributed by atoms with Gasteiger partial charge in [-0.15, -0.1) is 0 Å². The van der Waals surface area contributed by atoms with E-state index in [1.54, 1.807) is 19.9 Å². The quantitative estimate of drug-likeness (QED) is 0.134. The van der Waals surface area contributed by atoms with E-state index in [4.69, 9.17) is 4.74 Å². The fraction of sp³-hybridized carbons (Fsp3) is 0.813. The van der Waals surface area contributed by atoms with Crippen molar-refractivity contribution in [3.05, 3.63) is 12.2 Å². The number of likely N-dealkylation sites (N-methyl/N-ethyl adjacent to an activating group) is 7. The summed E-state index contributed by atoms with van der Waals surface area (Å²) in [6.45, 7) is 7.96. The van der Waals surface area contributed by atoms with E-state index in [0.29, 0.717) is 63.7 Å². The van der Waals surface area contributed by atoms with Crippen molar-refractivity contribution in [2.45, 2.75) is 267 Å². The fourth-order valence-electron chi connectivity index (χ4n) is 16.9. The number of alkyl halides is 5. The molecule has 1 spiro atoms. The number of carbonyl (C=O) groups excluding carboxylic acids is 12. The molecule has 105 heavy (non-hydrogen) atoms. The summed E-state index contributed by atoms with van der Waals surface area (Å²) >= 11 is 0. The molecule has 0 radical (unpaired) electrons. The van der Waals surface area contributed by atoms with Crippen LogP contribution in [0.25, 0.3) is 0 Å². The molecule has 0 aromatic carbocycles. The summed E-state index contributed by atoms with van der Waals surface area (Å²) in [4.78, 5) is 192. The number of unbranched alkanes of at least 4 members (excludes halogenated alkanes) is 1. The van der Waals surface area contributed by atoms with E-state index in [-0.39, 0.29) is 77.0 Å². The van der Waals surface area contributed by atoms with Crippen molar-refractivity contribution in [1.29, 1.82) is 0 Å². The Bertz CT molecular complexity index is 3100. The van der Waals surface area contributed by atoms with E-state index in [0.717, 1.165) is 40.4 Å². The molecule has 6 fully saturated rings. The number of carbonyl (C=O) groups is 12. The molecule has 12 atom stereocenters. The standard InChI is InChI=1S/C75H119F5N12O13/c1-14-17-26-54-65(96)82-63(46(5)15-2)71(102)86(9)44-61(95)88(11)55-27-19-18-22-36-91(70(55)101)58(39-47-30-28-45(4)29-31-47)69(100)85(8)43-59(93)81-53(33-32-48-37-51(76)62(52(77)38-48)75(78,79)80)67(98)92-42-50(105-16-3)40-56(92)66(97)83-74(34-23-35-74)73(104)90(13)64(49-24-20-21-25-49)72(103)89(12)57(68(99)84(6)7)41-60(94)87(54)10/h18-19,45-58,62-64H,14-17,20-44H2,1-13H3,(H,81,93)(H,82,96)(H,83,97)/b19-18-/t45?,46-,47?,48?,50+,51?,52?,53-,54-,55-,56-,57-,58-,62?,63-,64-/m0/s1. The van der Waals surface area contributed by atoms with Gasteiger partial charge in [-0.25, -0.2) is 8.78 Å². The van der Waals surface area contributed by atoms with Gasteiger partial charge in [0.25, 0.3) is 0 Å². The lowest BCUT2D eigenvalue weighted by molar-refractivity contribution is -0.219. The Kier molecular flexibility index (Phi) is 30.6. The lowest BCUT2D eigenvalue weighted by atomic mass is 9.74. The molecule has 2 saturated heterocycles. The molecule has 592 valence electrons. The first-order valence-corrected chi connectivity index (χ1v) is 38.4. The second-order valence-electron chi connectivity index (χ2n) is 31.5. The minimum atomic E-state index is -5.17. The molecule has 3 aliphatic heterocycles. The van der Waals surface area contributed by atoms with Crippen LogP contribution in [0.1, 0.15) is 189 Å². The molecule has 7 rings (SSSR count). The van der Waals surface area contributed by atoms with E-state index in [9.17, 15) is 41.9 Å². The molecule has 0 aromatic rings. The molecular weight excluding hydrogens is 1370 g/mol. The highest BCUT2D eigenvalue weighted by atomic mass is 19.4. The van der Waals surface area contributed by atoms with Crippen LogP contribution in [0, 0.1) is 35.5 Å². The van der Waals surface area contributed by atoms with Crippen molar-refractivity contribution >= 4 is 70.9 Å². The topological polar surface area (TPSA) is 279 Å². The number of hydrogen-bond acceptors (Lipinski definition) is 13. The lowest BCUT2D eigenvalue weighted by Crippen LogP contribution is -2.68. The smallest absolute Gasteiger partial charge is 0.377 e. The third kappa shape index (κ3) is 20.8. The van der Waals surface area contributed by atoms with Crippen LogP contribution in [-0.2, 0) is 62.3 Å². The van der Waals surface area contributed by atoms with Gasteiger partial charge in [0.2, 0.25) is 70.9 Å².